The molecular weight excluding hydrogens is 316 g/mol. The Balaban J connectivity index is 2.31. The van der Waals surface area contributed by atoms with E-state index < -0.39 is 31.1 Å². The van der Waals surface area contributed by atoms with Crippen LogP contribution in [0.15, 0.2) is 24.3 Å². The average molecular weight is 336 g/mol. The molecule has 1 aromatic rings. The van der Waals surface area contributed by atoms with Crippen LogP contribution >= 0.6 is 0 Å². The minimum atomic E-state index is -0.771. The summed E-state index contributed by atoms with van der Waals surface area (Å²) in [6.45, 7) is 2.72. The zero-order valence-electron chi connectivity index (χ0n) is 13.6. The van der Waals surface area contributed by atoms with Gasteiger partial charge in [-0.05, 0) is 25.5 Å². The topological polar surface area (TPSA) is 111 Å². The van der Waals surface area contributed by atoms with Gasteiger partial charge in [-0.3, -0.25) is 14.9 Å². The van der Waals surface area contributed by atoms with Gasteiger partial charge in [-0.25, -0.2) is 9.59 Å². The molecule has 0 heterocycles. The Morgan fingerprint density at radius 2 is 1.88 bits per heavy atom. The minimum Gasteiger partial charge on any atom is -0.482 e. The van der Waals surface area contributed by atoms with Gasteiger partial charge in [-0.15, -0.1) is 0 Å². The van der Waals surface area contributed by atoms with Gasteiger partial charge in [-0.1, -0.05) is 19.1 Å². The molecule has 0 saturated carbocycles. The van der Waals surface area contributed by atoms with E-state index in [1.165, 1.54) is 13.0 Å². The van der Waals surface area contributed by atoms with Crippen LogP contribution in [0.4, 0.5) is 4.79 Å². The standard InChI is InChI=1S/C16H20N2O6/c1-3-7-17-16(22)18-14(20)9-24-15(21)10-23-13-6-4-5-12(8-13)11(2)19/h4-6,8H,3,7,9-10H2,1-2H3,(H2,17,18,20,22). The summed E-state index contributed by atoms with van der Waals surface area (Å²) < 4.78 is 9.87. The van der Waals surface area contributed by atoms with Crippen LogP contribution in [-0.2, 0) is 14.3 Å². The first-order chi connectivity index (χ1) is 11.4. The Morgan fingerprint density at radius 1 is 1.12 bits per heavy atom. The number of hydrogen-bond donors (Lipinski definition) is 2. The van der Waals surface area contributed by atoms with Crippen LogP contribution in [-0.4, -0.2) is 43.4 Å². The molecular formula is C16H20N2O6. The number of rotatable bonds is 8. The monoisotopic (exact) mass is 336 g/mol. The number of hydrogen-bond acceptors (Lipinski definition) is 6. The summed E-state index contributed by atoms with van der Waals surface area (Å²) in [4.78, 5) is 45.4. The van der Waals surface area contributed by atoms with Gasteiger partial charge in [0.15, 0.2) is 19.0 Å². The van der Waals surface area contributed by atoms with Gasteiger partial charge in [0.1, 0.15) is 5.75 Å². The predicted molar refractivity (Wildman–Crippen MR) is 84.7 cm³/mol. The highest BCUT2D eigenvalue weighted by atomic mass is 16.6. The van der Waals surface area contributed by atoms with Crippen molar-refractivity contribution in [2.45, 2.75) is 20.3 Å². The molecule has 8 heteroatoms. The van der Waals surface area contributed by atoms with Crippen molar-refractivity contribution in [1.29, 1.82) is 0 Å². The van der Waals surface area contributed by atoms with E-state index in [-0.39, 0.29) is 5.78 Å². The van der Waals surface area contributed by atoms with Gasteiger partial charge >= 0.3 is 12.0 Å². The molecule has 0 aliphatic heterocycles. The van der Waals surface area contributed by atoms with E-state index in [2.05, 4.69) is 10.1 Å². The number of Topliss-reactive ketones (excluding diaryl/α,β-unsaturated/α-hetero) is 1. The molecule has 0 aliphatic carbocycles. The van der Waals surface area contributed by atoms with Crippen LogP contribution in [0.3, 0.4) is 0 Å². The maximum Gasteiger partial charge on any atom is 0.344 e. The molecule has 130 valence electrons. The molecule has 0 spiro atoms. The molecule has 0 radical (unpaired) electrons. The van der Waals surface area contributed by atoms with Gasteiger partial charge in [0.05, 0.1) is 0 Å². The summed E-state index contributed by atoms with van der Waals surface area (Å²) in [5.74, 6) is -1.30. The number of ether oxygens (including phenoxy) is 2. The summed E-state index contributed by atoms with van der Waals surface area (Å²) in [6.07, 6.45) is 0.735. The third-order valence-electron chi connectivity index (χ3n) is 2.75. The lowest BCUT2D eigenvalue weighted by molar-refractivity contribution is -0.150. The normalized spacial score (nSPS) is 9.75. The maximum atomic E-state index is 11.5. The van der Waals surface area contributed by atoms with E-state index in [0.717, 1.165) is 6.42 Å². The van der Waals surface area contributed by atoms with Crippen molar-refractivity contribution in [3.8, 4) is 5.75 Å². The van der Waals surface area contributed by atoms with Crippen LogP contribution < -0.4 is 15.4 Å². The molecule has 3 amide bonds. The Hall–Kier alpha value is -2.90. The number of carbonyl (C=O) groups excluding carboxylic acids is 4. The first-order valence-corrected chi connectivity index (χ1v) is 7.39. The van der Waals surface area contributed by atoms with E-state index in [4.69, 9.17) is 4.74 Å². The molecule has 0 bridgehead atoms. The zero-order valence-corrected chi connectivity index (χ0v) is 13.6. The lowest BCUT2D eigenvalue weighted by atomic mass is 10.1. The molecule has 0 aliphatic rings. The fraction of sp³-hybridized carbons (Fsp3) is 0.375. The highest BCUT2D eigenvalue weighted by molar-refractivity contribution is 5.95. The van der Waals surface area contributed by atoms with E-state index in [1.54, 1.807) is 18.2 Å². The van der Waals surface area contributed by atoms with Crippen LogP contribution in [0, 0.1) is 0 Å². The van der Waals surface area contributed by atoms with Crippen LogP contribution in [0.2, 0.25) is 0 Å². The second-order valence-electron chi connectivity index (χ2n) is 4.84. The van der Waals surface area contributed by atoms with Gasteiger partial charge in [0.25, 0.3) is 5.91 Å². The molecule has 0 aromatic heterocycles. The Labute approximate surface area is 139 Å². The van der Waals surface area contributed by atoms with Crippen LogP contribution in [0.25, 0.3) is 0 Å². The quantitative estimate of drug-likeness (QED) is 0.542. The van der Waals surface area contributed by atoms with Crippen molar-refractivity contribution in [2.24, 2.45) is 0 Å². The summed E-state index contributed by atoms with van der Waals surface area (Å²) >= 11 is 0. The van der Waals surface area contributed by atoms with E-state index >= 15 is 0 Å². The molecule has 1 rings (SSSR count). The van der Waals surface area contributed by atoms with Crippen LogP contribution in [0.1, 0.15) is 30.6 Å². The second kappa shape index (κ2) is 9.98. The van der Waals surface area contributed by atoms with Crippen molar-refractivity contribution in [2.75, 3.05) is 19.8 Å². The average Bonchev–Trinajstić information content (AvgIpc) is 2.56. The van der Waals surface area contributed by atoms with E-state index in [1.807, 2.05) is 12.2 Å². The first-order valence-electron chi connectivity index (χ1n) is 7.39. The molecule has 2 N–H and O–H groups in total. The third-order valence-corrected chi connectivity index (χ3v) is 2.75. The molecule has 0 saturated heterocycles. The third kappa shape index (κ3) is 7.39. The van der Waals surface area contributed by atoms with Gasteiger partial charge in [0.2, 0.25) is 0 Å². The van der Waals surface area contributed by atoms with Crippen molar-refractivity contribution in [1.82, 2.24) is 10.6 Å². The number of amides is 3. The molecule has 0 fully saturated rings. The minimum absolute atomic E-state index is 0.124. The number of carbonyl (C=O) groups is 4. The number of esters is 1. The molecule has 8 nitrogen and oxygen atoms in total. The molecule has 24 heavy (non-hydrogen) atoms. The maximum absolute atomic E-state index is 11.5. The van der Waals surface area contributed by atoms with E-state index in [9.17, 15) is 19.2 Å². The summed E-state index contributed by atoms with van der Waals surface area (Å²) in [5.41, 5.74) is 0.457. The lowest BCUT2D eigenvalue weighted by Crippen LogP contribution is -2.41. The fourth-order valence-electron chi connectivity index (χ4n) is 1.58. The SMILES string of the molecule is CCCNC(=O)NC(=O)COC(=O)COc1cccc(C(C)=O)c1. The van der Waals surface area contributed by atoms with Crippen molar-refractivity contribution in [3.63, 3.8) is 0 Å². The summed E-state index contributed by atoms with van der Waals surface area (Å²) in [6, 6.07) is 5.70. The number of urea groups is 1. The molecule has 0 unspecified atom stereocenters. The van der Waals surface area contributed by atoms with Crippen molar-refractivity contribution >= 4 is 23.7 Å². The highest BCUT2D eigenvalue weighted by Gasteiger charge is 2.11. The Bertz CT molecular complexity index is 614. The van der Waals surface area contributed by atoms with Gasteiger partial charge in [0, 0.05) is 12.1 Å². The number of ketones is 1. The van der Waals surface area contributed by atoms with Crippen LogP contribution in [0.5, 0.6) is 5.75 Å². The fourth-order valence-corrected chi connectivity index (χ4v) is 1.58. The Morgan fingerprint density at radius 3 is 2.54 bits per heavy atom. The summed E-state index contributed by atoms with van der Waals surface area (Å²) in [7, 11) is 0. The number of imide groups is 1. The second-order valence-corrected chi connectivity index (χ2v) is 4.84. The zero-order chi connectivity index (χ0) is 17.9. The predicted octanol–water partition coefficient (Wildman–Crippen LogP) is 1.05. The highest BCUT2D eigenvalue weighted by Crippen LogP contribution is 2.13. The van der Waals surface area contributed by atoms with Gasteiger partial charge in [-0.2, -0.15) is 0 Å². The smallest absolute Gasteiger partial charge is 0.344 e. The number of nitrogens with one attached hydrogen (secondary N) is 2. The van der Waals surface area contributed by atoms with Crippen molar-refractivity contribution in [3.05, 3.63) is 29.8 Å². The molecule has 1 aromatic carbocycles. The Kier molecular flexibility index (Phi) is 7.97. The first kappa shape index (κ1) is 19.1. The van der Waals surface area contributed by atoms with E-state index in [0.29, 0.717) is 17.9 Å². The lowest BCUT2D eigenvalue weighted by Gasteiger charge is -2.08. The summed E-state index contributed by atoms with van der Waals surface area (Å²) in [5, 5.41) is 4.47. The largest absolute Gasteiger partial charge is 0.482 e. The molecule has 0 atom stereocenters. The van der Waals surface area contributed by atoms with Gasteiger partial charge < -0.3 is 14.8 Å². The van der Waals surface area contributed by atoms with Crippen molar-refractivity contribution < 1.29 is 28.7 Å². The number of benzene rings is 1.